The molecule has 0 radical (unpaired) electrons. The molecule has 0 bridgehead atoms. The number of carbonyl (C=O) groups excluding carboxylic acids is 1. The fourth-order valence-corrected chi connectivity index (χ4v) is 4.14. The van der Waals surface area contributed by atoms with Crippen LogP contribution in [0.3, 0.4) is 0 Å². The molecule has 1 aromatic heterocycles. The van der Waals surface area contributed by atoms with E-state index in [-0.39, 0.29) is 24.3 Å². The highest BCUT2D eigenvalue weighted by Crippen LogP contribution is 2.36. The Hall–Kier alpha value is -3.16. The van der Waals surface area contributed by atoms with Gasteiger partial charge in [0.2, 0.25) is 11.9 Å². The molecule has 7 heteroatoms. The molecule has 1 amide bonds. The molecule has 2 atom stereocenters. The first kappa shape index (κ1) is 17.7. The average Bonchev–Trinajstić information content (AvgIpc) is 3.13. The zero-order valence-electron chi connectivity index (χ0n) is 14.4. The summed E-state index contributed by atoms with van der Waals surface area (Å²) in [6, 6.07) is 13.3. The number of thiophene rings is 1. The van der Waals surface area contributed by atoms with Gasteiger partial charge >= 0.3 is 0 Å². The third-order valence-electron chi connectivity index (χ3n) is 4.64. The van der Waals surface area contributed by atoms with E-state index in [2.05, 4.69) is 12.1 Å². The molecule has 1 aliphatic rings. The molecular weight excluding hydrogens is 346 g/mol. The summed E-state index contributed by atoms with van der Waals surface area (Å²) >= 11 is 1.48. The molecule has 1 saturated heterocycles. The van der Waals surface area contributed by atoms with Gasteiger partial charge in [0, 0.05) is 24.9 Å². The van der Waals surface area contributed by atoms with E-state index in [1.807, 2.05) is 36.6 Å². The summed E-state index contributed by atoms with van der Waals surface area (Å²) in [5.41, 5.74) is 2.48. The molecule has 1 aromatic carbocycles. The van der Waals surface area contributed by atoms with E-state index in [9.17, 15) is 4.79 Å². The van der Waals surface area contributed by atoms with Gasteiger partial charge in [-0.1, -0.05) is 12.1 Å². The third kappa shape index (κ3) is 2.94. The normalized spacial score (nSPS) is 20.0. The highest BCUT2D eigenvalue weighted by atomic mass is 32.1. The molecule has 130 valence electrons. The van der Waals surface area contributed by atoms with Crippen LogP contribution in [0, 0.1) is 34.0 Å². The van der Waals surface area contributed by atoms with Crippen LogP contribution in [0.2, 0.25) is 0 Å². The second-order valence-corrected chi connectivity index (χ2v) is 7.06. The van der Waals surface area contributed by atoms with Gasteiger partial charge in [-0.25, -0.2) is 0 Å². The number of guanidine groups is 1. The Kier molecular flexibility index (Phi) is 4.75. The quantitative estimate of drug-likeness (QED) is 0.904. The van der Waals surface area contributed by atoms with E-state index in [0.717, 1.165) is 16.1 Å². The number of nitrogens with one attached hydrogen (secondary N) is 1. The summed E-state index contributed by atoms with van der Waals surface area (Å²) in [5, 5.41) is 29.3. The van der Waals surface area contributed by atoms with Crippen LogP contribution in [0.4, 0.5) is 5.00 Å². The van der Waals surface area contributed by atoms with Crippen molar-refractivity contribution in [1.29, 1.82) is 15.9 Å². The zero-order chi connectivity index (χ0) is 18.8. The number of hydrogen-bond donors (Lipinski definition) is 1. The Morgan fingerprint density at radius 3 is 2.73 bits per heavy atom. The molecule has 3 rings (SSSR count). The smallest absolute Gasteiger partial charge is 0.235 e. The average molecular weight is 363 g/mol. The van der Waals surface area contributed by atoms with E-state index in [0.29, 0.717) is 5.56 Å². The molecule has 1 fully saturated rings. The zero-order valence-corrected chi connectivity index (χ0v) is 15.2. The number of nitrogens with zero attached hydrogens (tertiary/aromatic N) is 4. The molecule has 0 saturated carbocycles. The molecule has 6 nitrogen and oxygen atoms in total. The van der Waals surface area contributed by atoms with Crippen molar-refractivity contribution in [3.63, 3.8) is 0 Å². The standard InChI is InChI=1S/C19H17N5OS/c1-12-16(6-7-20)18(25)23(2)19(22)24(12)17-9-15(11-26-17)14-5-3-4-13(8-14)10-21/h3-5,8-9,11-12,16,22H,6H2,1-2H3/t12-,16-/m0/s1. The number of benzene rings is 1. The second-order valence-electron chi connectivity index (χ2n) is 6.17. The van der Waals surface area contributed by atoms with Crippen molar-refractivity contribution in [3.8, 4) is 23.3 Å². The minimum Gasteiger partial charge on any atom is -0.300 e. The van der Waals surface area contributed by atoms with Crippen LogP contribution in [-0.2, 0) is 4.79 Å². The van der Waals surface area contributed by atoms with Crippen molar-refractivity contribution in [2.45, 2.75) is 19.4 Å². The Balaban J connectivity index is 1.97. The molecular formula is C19H17N5OS. The number of carbonyl (C=O) groups is 1. The first-order valence-corrected chi connectivity index (χ1v) is 8.97. The van der Waals surface area contributed by atoms with Crippen LogP contribution in [-0.4, -0.2) is 29.9 Å². The summed E-state index contributed by atoms with van der Waals surface area (Å²) in [5.74, 6) is -0.554. The lowest BCUT2D eigenvalue weighted by Crippen LogP contribution is -2.60. The highest BCUT2D eigenvalue weighted by Gasteiger charge is 2.41. The second kappa shape index (κ2) is 6.99. The predicted molar refractivity (Wildman–Crippen MR) is 101 cm³/mol. The summed E-state index contributed by atoms with van der Waals surface area (Å²) in [7, 11) is 1.57. The van der Waals surface area contributed by atoms with Gasteiger partial charge in [-0.15, -0.1) is 11.3 Å². The number of amides is 1. The van der Waals surface area contributed by atoms with E-state index in [1.165, 1.54) is 16.2 Å². The number of rotatable bonds is 3. The molecule has 1 N–H and O–H groups in total. The molecule has 0 aliphatic carbocycles. The van der Waals surface area contributed by atoms with Gasteiger partial charge in [-0.2, -0.15) is 10.5 Å². The summed E-state index contributed by atoms with van der Waals surface area (Å²) in [6.45, 7) is 1.87. The fourth-order valence-electron chi connectivity index (χ4n) is 3.13. The maximum absolute atomic E-state index is 12.4. The number of nitriles is 2. The van der Waals surface area contributed by atoms with Gasteiger partial charge in [-0.05, 0) is 36.2 Å². The van der Waals surface area contributed by atoms with E-state index in [4.69, 9.17) is 15.9 Å². The van der Waals surface area contributed by atoms with Crippen molar-refractivity contribution < 1.29 is 4.79 Å². The SMILES string of the molecule is C[C@H]1[C@H](CC#N)C(=O)N(C)C(=N)N1c1cc(-c2cccc(C#N)c2)cs1. The molecule has 2 heterocycles. The molecule has 2 aromatic rings. The van der Waals surface area contributed by atoms with Crippen LogP contribution >= 0.6 is 11.3 Å². The van der Waals surface area contributed by atoms with Crippen LogP contribution in [0.1, 0.15) is 18.9 Å². The fraction of sp³-hybridized carbons (Fsp3) is 0.263. The topological polar surface area (TPSA) is 95.0 Å². The number of anilines is 1. The maximum atomic E-state index is 12.4. The molecule has 0 spiro atoms. The van der Waals surface area contributed by atoms with Gasteiger partial charge in [0.15, 0.2) is 0 Å². The van der Waals surface area contributed by atoms with Crippen molar-refractivity contribution in [1.82, 2.24) is 4.90 Å². The summed E-state index contributed by atoms with van der Waals surface area (Å²) < 4.78 is 0. The Morgan fingerprint density at radius 2 is 2.04 bits per heavy atom. The first-order chi connectivity index (χ1) is 12.5. The van der Waals surface area contributed by atoms with Crippen LogP contribution in [0.25, 0.3) is 11.1 Å². The van der Waals surface area contributed by atoms with Crippen LogP contribution in [0.5, 0.6) is 0 Å². The van der Waals surface area contributed by atoms with E-state index < -0.39 is 5.92 Å². The van der Waals surface area contributed by atoms with Crippen molar-refractivity contribution in [2.75, 3.05) is 11.9 Å². The minimum absolute atomic E-state index is 0.107. The van der Waals surface area contributed by atoms with Crippen molar-refractivity contribution in [2.24, 2.45) is 5.92 Å². The van der Waals surface area contributed by atoms with Gasteiger partial charge in [0.25, 0.3) is 0 Å². The van der Waals surface area contributed by atoms with Gasteiger partial charge in [-0.3, -0.25) is 15.1 Å². The summed E-state index contributed by atoms with van der Waals surface area (Å²) in [6.07, 6.45) is 0.122. The van der Waals surface area contributed by atoms with Gasteiger partial charge in [0.1, 0.15) is 0 Å². The monoisotopic (exact) mass is 363 g/mol. The van der Waals surface area contributed by atoms with Crippen molar-refractivity contribution in [3.05, 3.63) is 41.3 Å². The maximum Gasteiger partial charge on any atom is 0.235 e. The third-order valence-corrected chi connectivity index (χ3v) is 5.57. The Morgan fingerprint density at radius 1 is 1.27 bits per heavy atom. The van der Waals surface area contributed by atoms with Crippen LogP contribution < -0.4 is 4.90 Å². The van der Waals surface area contributed by atoms with Crippen LogP contribution in [0.15, 0.2) is 35.7 Å². The van der Waals surface area contributed by atoms with Gasteiger partial charge in [0.05, 0.1) is 28.6 Å². The lowest BCUT2D eigenvalue weighted by atomic mass is 9.93. The summed E-state index contributed by atoms with van der Waals surface area (Å²) in [4.78, 5) is 15.5. The van der Waals surface area contributed by atoms with E-state index in [1.54, 1.807) is 18.0 Å². The Bertz CT molecular complexity index is 951. The predicted octanol–water partition coefficient (Wildman–Crippen LogP) is 3.42. The molecule has 1 aliphatic heterocycles. The first-order valence-electron chi connectivity index (χ1n) is 8.09. The number of hydrogen-bond acceptors (Lipinski definition) is 5. The highest BCUT2D eigenvalue weighted by molar-refractivity contribution is 7.14. The minimum atomic E-state index is -0.466. The molecule has 26 heavy (non-hydrogen) atoms. The Labute approximate surface area is 156 Å². The van der Waals surface area contributed by atoms with E-state index >= 15 is 0 Å². The lowest BCUT2D eigenvalue weighted by molar-refractivity contribution is -0.132. The largest absolute Gasteiger partial charge is 0.300 e. The van der Waals surface area contributed by atoms with Crippen molar-refractivity contribution >= 4 is 28.2 Å². The molecule has 0 unspecified atom stereocenters. The van der Waals surface area contributed by atoms with Gasteiger partial charge < -0.3 is 4.90 Å². The lowest BCUT2D eigenvalue weighted by Gasteiger charge is -2.42.